The number of nitrogens with one attached hydrogen (secondary N) is 1. The third-order valence-corrected chi connectivity index (χ3v) is 3.24. The summed E-state index contributed by atoms with van der Waals surface area (Å²) in [6.07, 6.45) is 3.58. The molecule has 0 unspecified atom stereocenters. The largest absolute Gasteiger partial charge is 0.497 e. The van der Waals surface area contributed by atoms with Gasteiger partial charge in [0.2, 0.25) is 11.8 Å². The average molecular weight is 289 g/mol. The van der Waals surface area contributed by atoms with Gasteiger partial charge < -0.3 is 14.5 Å². The van der Waals surface area contributed by atoms with Gasteiger partial charge >= 0.3 is 0 Å². The number of ether oxygens (including phenoxy) is 1. The molecule has 0 atom stereocenters. The van der Waals surface area contributed by atoms with Gasteiger partial charge in [0.15, 0.2) is 0 Å². The quantitative estimate of drug-likeness (QED) is 0.718. The molecule has 2 rings (SSSR count). The molecule has 0 bridgehead atoms. The number of aryl methyl sites for hydroxylation is 2. The Hall–Kier alpha value is -1.88. The van der Waals surface area contributed by atoms with Gasteiger partial charge in [-0.1, -0.05) is 19.1 Å². The first-order valence-electron chi connectivity index (χ1n) is 7.46. The second kappa shape index (κ2) is 8.42. The van der Waals surface area contributed by atoms with Crippen LogP contribution in [0.4, 0.5) is 0 Å². The molecule has 0 aliphatic rings. The highest BCUT2D eigenvalue weighted by Gasteiger charge is 2.06. The summed E-state index contributed by atoms with van der Waals surface area (Å²) in [5, 5.41) is 11.5. The summed E-state index contributed by atoms with van der Waals surface area (Å²) in [6, 6.07) is 8.05. The lowest BCUT2D eigenvalue weighted by Crippen LogP contribution is -2.17. The van der Waals surface area contributed by atoms with Crippen molar-refractivity contribution in [3.63, 3.8) is 0 Å². The number of methoxy groups -OCH3 is 1. The van der Waals surface area contributed by atoms with Crippen LogP contribution in [0.2, 0.25) is 0 Å². The second-order valence-electron chi connectivity index (χ2n) is 4.94. The van der Waals surface area contributed by atoms with E-state index in [0.29, 0.717) is 11.8 Å². The molecule has 2 aromatic rings. The second-order valence-corrected chi connectivity index (χ2v) is 4.94. The van der Waals surface area contributed by atoms with Gasteiger partial charge in [0.25, 0.3) is 0 Å². The van der Waals surface area contributed by atoms with Crippen LogP contribution in [0, 0.1) is 0 Å². The molecule has 0 fully saturated rings. The zero-order chi connectivity index (χ0) is 14.9. The molecule has 5 nitrogen and oxygen atoms in total. The van der Waals surface area contributed by atoms with Crippen molar-refractivity contribution in [3.05, 3.63) is 41.6 Å². The van der Waals surface area contributed by atoms with E-state index in [1.54, 1.807) is 7.11 Å². The van der Waals surface area contributed by atoms with E-state index in [0.717, 1.165) is 44.5 Å². The number of rotatable bonds is 9. The van der Waals surface area contributed by atoms with Gasteiger partial charge in [-0.15, -0.1) is 10.2 Å². The number of hydrogen-bond donors (Lipinski definition) is 1. The number of aromatic nitrogens is 2. The first-order valence-corrected chi connectivity index (χ1v) is 7.46. The van der Waals surface area contributed by atoms with Crippen LogP contribution >= 0.6 is 0 Å². The SMILES string of the molecule is CCCNCCc1nnc(CCc2ccc(OC)cc2)o1. The summed E-state index contributed by atoms with van der Waals surface area (Å²) in [4.78, 5) is 0. The van der Waals surface area contributed by atoms with Gasteiger partial charge in [0, 0.05) is 19.4 Å². The standard InChI is InChI=1S/C16H23N3O2/c1-3-11-17-12-10-16-19-18-15(21-16)9-6-13-4-7-14(20-2)8-5-13/h4-5,7-8,17H,3,6,9-12H2,1-2H3. The van der Waals surface area contributed by atoms with Crippen LogP contribution in [0.1, 0.15) is 30.7 Å². The first kappa shape index (κ1) is 15.5. The number of hydrogen-bond acceptors (Lipinski definition) is 5. The van der Waals surface area contributed by atoms with E-state index in [-0.39, 0.29) is 0 Å². The molecule has 1 aromatic heterocycles. The fourth-order valence-electron chi connectivity index (χ4n) is 2.03. The fourth-order valence-corrected chi connectivity index (χ4v) is 2.03. The Kier molecular flexibility index (Phi) is 6.22. The third kappa shape index (κ3) is 5.19. The van der Waals surface area contributed by atoms with E-state index >= 15 is 0 Å². The molecule has 0 aliphatic carbocycles. The Labute approximate surface area is 125 Å². The zero-order valence-corrected chi connectivity index (χ0v) is 12.8. The Bertz CT molecular complexity index is 523. The summed E-state index contributed by atoms with van der Waals surface area (Å²) in [5.41, 5.74) is 1.24. The van der Waals surface area contributed by atoms with E-state index in [1.165, 1.54) is 5.56 Å². The van der Waals surface area contributed by atoms with E-state index in [2.05, 4.69) is 34.6 Å². The van der Waals surface area contributed by atoms with Crippen LogP contribution in [0.3, 0.4) is 0 Å². The predicted molar refractivity (Wildman–Crippen MR) is 81.6 cm³/mol. The molecule has 1 aromatic carbocycles. The maximum atomic E-state index is 5.64. The highest BCUT2D eigenvalue weighted by molar-refractivity contribution is 5.27. The minimum atomic E-state index is 0.705. The van der Waals surface area contributed by atoms with Crippen molar-refractivity contribution >= 4 is 0 Å². The predicted octanol–water partition coefficient (Wildman–Crippen LogP) is 2.41. The zero-order valence-electron chi connectivity index (χ0n) is 12.8. The molecule has 0 spiro atoms. The van der Waals surface area contributed by atoms with Gasteiger partial charge in [-0.05, 0) is 37.1 Å². The summed E-state index contributed by atoms with van der Waals surface area (Å²) >= 11 is 0. The minimum absolute atomic E-state index is 0.705. The topological polar surface area (TPSA) is 60.2 Å². The summed E-state index contributed by atoms with van der Waals surface area (Å²) < 4.78 is 10.8. The van der Waals surface area contributed by atoms with E-state index < -0.39 is 0 Å². The van der Waals surface area contributed by atoms with Gasteiger partial charge in [-0.2, -0.15) is 0 Å². The fraction of sp³-hybridized carbons (Fsp3) is 0.500. The number of nitrogens with zero attached hydrogens (tertiary/aromatic N) is 2. The van der Waals surface area contributed by atoms with Crippen molar-refractivity contribution in [3.8, 4) is 5.75 Å². The van der Waals surface area contributed by atoms with Crippen LogP contribution < -0.4 is 10.1 Å². The van der Waals surface area contributed by atoms with Crippen molar-refractivity contribution in [2.75, 3.05) is 20.2 Å². The van der Waals surface area contributed by atoms with Gasteiger partial charge in [-0.3, -0.25) is 0 Å². The molecular weight excluding hydrogens is 266 g/mol. The van der Waals surface area contributed by atoms with Crippen LogP contribution in [0.15, 0.2) is 28.7 Å². The highest BCUT2D eigenvalue weighted by Crippen LogP contribution is 2.13. The molecule has 0 saturated carbocycles. The molecule has 0 amide bonds. The van der Waals surface area contributed by atoms with Crippen LogP contribution in [0.5, 0.6) is 5.75 Å². The monoisotopic (exact) mass is 289 g/mol. The average Bonchev–Trinajstić information content (AvgIpc) is 2.98. The lowest BCUT2D eigenvalue weighted by Gasteiger charge is -2.01. The Morgan fingerprint density at radius 3 is 2.38 bits per heavy atom. The lowest BCUT2D eigenvalue weighted by molar-refractivity contribution is 0.414. The smallest absolute Gasteiger partial charge is 0.217 e. The third-order valence-electron chi connectivity index (χ3n) is 3.24. The molecule has 0 radical (unpaired) electrons. The van der Waals surface area contributed by atoms with E-state index in [4.69, 9.17) is 9.15 Å². The van der Waals surface area contributed by atoms with Crippen LogP contribution in [-0.2, 0) is 19.3 Å². The van der Waals surface area contributed by atoms with Gasteiger partial charge in [-0.25, -0.2) is 0 Å². The molecule has 0 saturated heterocycles. The summed E-state index contributed by atoms with van der Waals surface area (Å²) in [5.74, 6) is 2.29. The molecule has 1 heterocycles. The molecule has 21 heavy (non-hydrogen) atoms. The van der Waals surface area contributed by atoms with Crippen molar-refractivity contribution < 1.29 is 9.15 Å². The van der Waals surface area contributed by atoms with E-state index in [1.807, 2.05) is 12.1 Å². The molecule has 1 N–H and O–H groups in total. The summed E-state index contributed by atoms with van der Waals surface area (Å²) in [6.45, 7) is 4.06. The van der Waals surface area contributed by atoms with Crippen molar-refractivity contribution in [2.24, 2.45) is 0 Å². The van der Waals surface area contributed by atoms with Crippen molar-refractivity contribution in [1.82, 2.24) is 15.5 Å². The van der Waals surface area contributed by atoms with Gasteiger partial charge in [0.05, 0.1) is 7.11 Å². The first-order chi connectivity index (χ1) is 10.3. The molecular formula is C16H23N3O2. The molecule has 0 aliphatic heterocycles. The van der Waals surface area contributed by atoms with Crippen molar-refractivity contribution in [2.45, 2.75) is 32.6 Å². The normalized spacial score (nSPS) is 10.8. The maximum absolute atomic E-state index is 5.64. The summed E-state index contributed by atoms with van der Waals surface area (Å²) in [7, 11) is 1.67. The molecule has 5 heteroatoms. The Morgan fingerprint density at radius 1 is 1.00 bits per heavy atom. The Morgan fingerprint density at radius 2 is 1.71 bits per heavy atom. The minimum Gasteiger partial charge on any atom is -0.497 e. The van der Waals surface area contributed by atoms with Gasteiger partial charge in [0.1, 0.15) is 5.75 Å². The maximum Gasteiger partial charge on any atom is 0.217 e. The highest BCUT2D eigenvalue weighted by atomic mass is 16.5. The van der Waals surface area contributed by atoms with Crippen molar-refractivity contribution in [1.29, 1.82) is 0 Å². The van der Waals surface area contributed by atoms with Crippen LogP contribution in [0.25, 0.3) is 0 Å². The Balaban J connectivity index is 1.76. The molecule has 114 valence electrons. The lowest BCUT2D eigenvalue weighted by atomic mass is 10.1. The number of benzene rings is 1. The van der Waals surface area contributed by atoms with E-state index in [9.17, 15) is 0 Å². The van der Waals surface area contributed by atoms with Crippen LogP contribution in [-0.4, -0.2) is 30.4 Å².